The van der Waals surface area contributed by atoms with Crippen LogP contribution in [0.5, 0.6) is 0 Å². The maximum absolute atomic E-state index is 12.3. The van der Waals surface area contributed by atoms with E-state index in [9.17, 15) is 13.2 Å². The van der Waals surface area contributed by atoms with Crippen molar-refractivity contribution in [2.24, 2.45) is 0 Å². The zero-order valence-electron chi connectivity index (χ0n) is 8.53. The molecule has 0 amide bonds. The molecule has 2 rings (SSSR count). The van der Waals surface area contributed by atoms with Gasteiger partial charge in [0.2, 0.25) is 0 Å². The number of aliphatic hydroxyl groups excluding tert-OH is 1. The molecule has 1 aromatic carbocycles. The van der Waals surface area contributed by atoms with Gasteiger partial charge >= 0.3 is 6.18 Å². The maximum Gasteiger partial charge on any atom is 0.416 e. The van der Waals surface area contributed by atoms with Crippen molar-refractivity contribution < 1.29 is 22.7 Å². The summed E-state index contributed by atoms with van der Waals surface area (Å²) >= 11 is 0. The number of alkyl halides is 3. The third-order valence-electron chi connectivity index (χ3n) is 2.27. The molecule has 0 fully saturated rings. The topological polar surface area (TPSA) is 46.3 Å². The average Bonchev–Trinajstić information content (AvgIpc) is 2.76. The Hall–Kier alpha value is -1.82. The average molecular weight is 243 g/mol. The van der Waals surface area contributed by atoms with Gasteiger partial charge in [-0.1, -0.05) is 12.1 Å². The zero-order valence-corrected chi connectivity index (χ0v) is 8.53. The highest BCUT2D eigenvalue weighted by Gasteiger charge is 2.30. The van der Waals surface area contributed by atoms with E-state index in [2.05, 4.69) is 4.98 Å². The Morgan fingerprint density at radius 2 is 1.82 bits per heavy atom. The van der Waals surface area contributed by atoms with Crippen molar-refractivity contribution in [3.8, 4) is 11.3 Å². The second-order valence-electron chi connectivity index (χ2n) is 3.36. The third-order valence-corrected chi connectivity index (χ3v) is 2.27. The van der Waals surface area contributed by atoms with Crippen LogP contribution in [-0.2, 0) is 12.8 Å². The smallest absolute Gasteiger partial charge is 0.416 e. The van der Waals surface area contributed by atoms with E-state index < -0.39 is 11.7 Å². The van der Waals surface area contributed by atoms with E-state index in [1.165, 1.54) is 12.1 Å². The lowest BCUT2D eigenvalue weighted by molar-refractivity contribution is -0.137. The Kier molecular flexibility index (Phi) is 2.89. The molecule has 0 saturated carbocycles. The molecule has 3 nitrogen and oxygen atoms in total. The summed E-state index contributed by atoms with van der Waals surface area (Å²) in [6.45, 7) is -0.327. The van der Waals surface area contributed by atoms with Crippen molar-refractivity contribution in [3.63, 3.8) is 0 Å². The molecule has 1 heterocycles. The van der Waals surface area contributed by atoms with Gasteiger partial charge in [0.05, 0.1) is 12.2 Å². The lowest BCUT2D eigenvalue weighted by atomic mass is 10.1. The summed E-state index contributed by atoms with van der Waals surface area (Å²) in [5.41, 5.74) is 0.00984. The van der Waals surface area contributed by atoms with Crippen molar-refractivity contribution >= 4 is 0 Å². The lowest BCUT2D eigenvalue weighted by Gasteiger charge is -2.06. The first-order valence-electron chi connectivity index (χ1n) is 4.73. The Balaban J connectivity index is 2.36. The lowest BCUT2D eigenvalue weighted by Crippen LogP contribution is -2.04. The molecule has 1 N–H and O–H groups in total. The first-order valence-corrected chi connectivity index (χ1v) is 4.73. The summed E-state index contributed by atoms with van der Waals surface area (Å²) in [7, 11) is 0. The summed E-state index contributed by atoms with van der Waals surface area (Å²) in [5, 5.41) is 8.95. The molecule has 0 aliphatic carbocycles. The fraction of sp³-hybridized carbons (Fsp3) is 0.182. The van der Waals surface area contributed by atoms with Crippen LogP contribution in [0.3, 0.4) is 0 Å². The Bertz CT molecular complexity index is 502. The quantitative estimate of drug-likeness (QED) is 0.882. The Morgan fingerprint density at radius 1 is 1.18 bits per heavy atom. The van der Waals surface area contributed by atoms with E-state index in [-0.39, 0.29) is 12.4 Å². The fourth-order valence-corrected chi connectivity index (χ4v) is 1.43. The fourth-order valence-electron chi connectivity index (χ4n) is 1.43. The second-order valence-corrected chi connectivity index (χ2v) is 3.36. The SMILES string of the molecule is OCc1ncoc1-c1ccc(C(F)(F)F)cc1. The van der Waals surface area contributed by atoms with Crippen molar-refractivity contribution in [2.45, 2.75) is 12.8 Å². The molecule has 0 radical (unpaired) electrons. The molecule has 1 aromatic heterocycles. The summed E-state index contributed by atoms with van der Waals surface area (Å²) in [5.74, 6) is 0.279. The Morgan fingerprint density at radius 3 is 2.35 bits per heavy atom. The molecule has 0 spiro atoms. The van der Waals surface area contributed by atoms with Crippen LogP contribution in [0.1, 0.15) is 11.3 Å². The van der Waals surface area contributed by atoms with E-state index in [1.807, 2.05) is 0 Å². The predicted octanol–water partition coefficient (Wildman–Crippen LogP) is 2.85. The van der Waals surface area contributed by atoms with Crippen molar-refractivity contribution in [2.75, 3.05) is 0 Å². The third kappa shape index (κ3) is 2.31. The molecular formula is C11H8F3NO2. The predicted molar refractivity (Wildman–Crippen MR) is 52.9 cm³/mol. The minimum Gasteiger partial charge on any atom is -0.443 e. The largest absolute Gasteiger partial charge is 0.443 e. The van der Waals surface area contributed by atoms with Crippen LogP contribution in [0.15, 0.2) is 35.1 Å². The highest BCUT2D eigenvalue weighted by molar-refractivity contribution is 5.60. The maximum atomic E-state index is 12.3. The number of rotatable bonds is 2. The number of nitrogens with zero attached hydrogens (tertiary/aromatic N) is 1. The van der Waals surface area contributed by atoms with Crippen LogP contribution in [0.4, 0.5) is 13.2 Å². The first-order chi connectivity index (χ1) is 8.02. The summed E-state index contributed by atoms with van der Waals surface area (Å²) in [4.78, 5) is 3.74. The molecule has 0 atom stereocenters. The molecule has 0 aliphatic rings. The second kappa shape index (κ2) is 4.21. The minimum atomic E-state index is -4.36. The van der Waals surface area contributed by atoms with Crippen LogP contribution < -0.4 is 0 Å². The number of hydrogen-bond donors (Lipinski definition) is 1. The van der Waals surface area contributed by atoms with Crippen LogP contribution in [0.2, 0.25) is 0 Å². The molecule has 17 heavy (non-hydrogen) atoms. The van der Waals surface area contributed by atoms with Crippen LogP contribution in [0, 0.1) is 0 Å². The number of benzene rings is 1. The molecule has 0 unspecified atom stereocenters. The number of oxazole rings is 1. The van der Waals surface area contributed by atoms with Gasteiger partial charge in [-0.05, 0) is 12.1 Å². The summed E-state index contributed by atoms with van der Waals surface area (Å²) in [6.07, 6.45) is -3.22. The van der Waals surface area contributed by atoms with Gasteiger partial charge < -0.3 is 9.52 Å². The Labute approximate surface area is 94.5 Å². The molecule has 0 saturated heterocycles. The number of hydrogen-bond acceptors (Lipinski definition) is 3. The number of aromatic nitrogens is 1. The van der Waals surface area contributed by atoms with E-state index in [4.69, 9.17) is 9.52 Å². The molecular weight excluding hydrogens is 235 g/mol. The standard InChI is InChI=1S/C11H8F3NO2/c12-11(13,14)8-3-1-7(2-4-8)10-9(5-16)15-6-17-10/h1-4,6,16H,5H2. The summed E-state index contributed by atoms with van der Waals surface area (Å²) in [6, 6.07) is 4.48. The van der Waals surface area contributed by atoms with E-state index in [0.29, 0.717) is 11.3 Å². The van der Waals surface area contributed by atoms with E-state index >= 15 is 0 Å². The molecule has 0 aliphatic heterocycles. The zero-order chi connectivity index (χ0) is 12.5. The summed E-state index contributed by atoms with van der Waals surface area (Å²) < 4.78 is 42.0. The molecule has 0 bridgehead atoms. The minimum absolute atomic E-state index is 0.279. The van der Waals surface area contributed by atoms with Crippen LogP contribution in [0.25, 0.3) is 11.3 Å². The van der Waals surface area contributed by atoms with Gasteiger partial charge in [-0.15, -0.1) is 0 Å². The van der Waals surface area contributed by atoms with Gasteiger partial charge in [0, 0.05) is 5.56 Å². The highest BCUT2D eigenvalue weighted by atomic mass is 19.4. The van der Waals surface area contributed by atoms with Gasteiger partial charge in [-0.2, -0.15) is 13.2 Å². The normalized spacial score (nSPS) is 11.8. The van der Waals surface area contributed by atoms with Crippen LogP contribution >= 0.6 is 0 Å². The number of halogens is 3. The molecule has 6 heteroatoms. The van der Waals surface area contributed by atoms with Gasteiger partial charge in [0.1, 0.15) is 5.69 Å². The first kappa shape index (κ1) is 11.7. The van der Waals surface area contributed by atoms with E-state index in [0.717, 1.165) is 18.5 Å². The number of aliphatic hydroxyl groups is 1. The van der Waals surface area contributed by atoms with Gasteiger partial charge in [-0.25, -0.2) is 4.98 Å². The van der Waals surface area contributed by atoms with Crippen molar-refractivity contribution in [1.82, 2.24) is 4.98 Å². The molecule has 90 valence electrons. The van der Waals surface area contributed by atoms with Crippen molar-refractivity contribution in [3.05, 3.63) is 41.9 Å². The van der Waals surface area contributed by atoms with Gasteiger partial charge in [-0.3, -0.25) is 0 Å². The van der Waals surface area contributed by atoms with Gasteiger partial charge in [0.15, 0.2) is 12.2 Å². The van der Waals surface area contributed by atoms with Crippen molar-refractivity contribution in [1.29, 1.82) is 0 Å². The van der Waals surface area contributed by atoms with Crippen LogP contribution in [-0.4, -0.2) is 10.1 Å². The van der Waals surface area contributed by atoms with E-state index in [1.54, 1.807) is 0 Å². The van der Waals surface area contributed by atoms with Gasteiger partial charge in [0.25, 0.3) is 0 Å². The monoisotopic (exact) mass is 243 g/mol. The highest BCUT2D eigenvalue weighted by Crippen LogP contribution is 2.31. The molecule has 2 aromatic rings.